The predicted molar refractivity (Wildman–Crippen MR) is 84.8 cm³/mol. The number of halogens is 2. The van der Waals surface area contributed by atoms with Crippen LogP contribution in [0, 0.1) is 3.57 Å². The third-order valence-corrected chi connectivity index (χ3v) is 4.46. The molecule has 98 valence electrons. The summed E-state index contributed by atoms with van der Waals surface area (Å²) in [6, 6.07) is 6.21. The van der Waals surface area contributed by atoms with Gasteiger partial charge in [0, 0.05) is 20.6 Å². The zero-order valence-electron chi connectivity index (χ0n) is 10.0. The van der Waals surface area contributed by atoms with E-state index < -0.39 is 0 Å². The third-order valence-electron chi connectivity index (χ3n) is 3.09. The van der Waals surface area contributed by atoms with E-state index in [0.717, 1.165) is 21.0 Å². The summed E-state index contributed by atoms with van der Waals surface area (Å²) in [5, 5.41) is 6.43. The molecule has 0 aromatic heterocycles. The highest BCUT2D eigenvalue weighted by molar-refractivity contribution is 14.1. The first-order valence-corrected chi connectivity index (χ1v) is 8.00. The average molecular weight is 423 g/mol. The van der Waals surface area contributed by atoms with Crippen LogP contribution in [0.3, 0.4) is 0 Å². The minimum Gasteiger partial charge on any atom is -0.350 e. The highest BCUT2D eigenvalue weighted by Gasteiger charge is 2.15. The lowest BCUT2D eigenvalue weighted by atomic mass is 10.1. The van der Waals surface area contributed by atoms with Gasteiger partial charge in [-0.25, -0.2) is 0 Å². The largest absolute Gasteiger partial charge is 0.350 e. The number of carbonyl (C=O) groups is 1. The molecule has 0 bridgehead atoms. The maximum Gasteiger partial charge on any atom is 0.252 e. The maximum absolute atomic E-state index is 12.1. The fourth-order valence-electron chi connectivity index (χ4n) is 2.08. The van der Waals surface area contributed by atoms with E-state index in [1.165, 1.54) is 12.8 Å². The lowest BCUT2D eigenvalue weighted by Crippen LogP contribution is -2.43. The molecule has 1 aliphatic heterocycles. The minimum atomic E-state index is -0.00670. The van der Waals surface area contributed by atoms with Crippen molar-refractivity contribution in [1.82, 2.24) is 10.6 Å². The number of hydrogen-bond donors (Lipinski definition) is 2. The second kappa shape index (κ2) is 6.86. The first-order valence-electron chi connectivity index (χ1n) is 6.13. The smallest absolute Gasteiger partial charge is 0.252 e. The number of rotatable bonds is 3. The van der Waals surface area contributed by atoms with E-state index in [-0.39, 0.29) is 5.91 Å². The number of nitrogens with one attached hydrogen (secondary N) is 2. The van der Waals surface area contributed by atoms with E-state index >= 15 is 0 Å². The molecule has 0 aliphatic carbocycles. The first-order chi connectivity index (χ1) is 8.66. The zero-order chi connectivity index (χ0) is 13.0. The van der Waals surface area contributed by atoms with E-state index in [1.807, 2.05) is 18.2 Å². The van der Waals surface area contributed by atoms with Crippen molar-refractivity contribution < 1.29 is 4.79 Å². The fraction of sp³-hybridized carbons (Fsp3) is 0.462. The normalized spacial score (nSPS) is 19.6. The molecule has 0 saturated carbocycles. The van der Waals surface area contributed by atoms with Crippen molar-refractivity contribution in [2.45, 2.75) is 25.3 Å². The van der Waals surface area contributed by atoms with Crippen LogP contribution in [-0.4, -0.2) is 25.0 Å². The van der Waals surface area contributed by atoms with Gasteiger partial charge in [-0.2, -0.15) is 0 Å². The average Bonchev–Trinajstić information content (AvgIpc) is 2.40. The van der Waals surface area contributed by atoms with E-state index in [0.29, 0.717) is 18.2 Å². The Hall–Kier alpha value is -0.140. The van der Waals surface area contributed by atoms with Crippen LogP contribution < -0.4 is 10.6 Å². The van der Waals surface area contributed by atoms with Crippen LogP contribution in [0.4, 0.5) is 0 Å². The number of piperidine rings is 1. The van der Waals surface area contributed by atoms with Gasteiger partial charge in [0.1, 0.15) is 0 Å². The zero-order valence-corrected chi connectivity index (χ0v) is 13.8. The van der Waals surface area contributed by atoms with Crippen LogP contribution >= 0.6 is 38.5 Å². The topological polar surface area (TPSA) is 41.1 Å². The van der Waals surface area contributed by atoms with Gasteiger partial charge in [0.15, 0.2) is 0 Å². The molecule has 1 atom stereocenters. The Bertz CT molecular complexity index is 433. The van der Waals surface area contributed by atoms with Crippen LogP contribution in [0.1, 0.15) is 29.6 Å². The summed E-state index contributed by atoms with van der Waals surface area (Å²) < 4.78 is 1.91. The molecule has 0 spiro atoms. The van der Waals surface area contributed by atoms with E-state index in [9.17, 15) is 4.79 Å². The molecular weight excluding hydrogens is 407 g/mol. The van der Waals surface area contributed by atoms with Crippen LogP contribution in [0.5, 0.6) is 0 Å². The summed E-state index contributed by atoms with van der Waals surface area (Å²) in [4.78, 5) is 12.1. The molecule has 1 aromatic carbocycles. The van der Waals surface area contributed by atoms with Crippen molar-refractivity contribution in [2.24, 2.45) is 0 Å². The minimum absolute atomic E-state index is 0.00670. The standard InChI is InChI=1S/C13H16BrIN2O/c14-12-5-4-9(15)7-11(12)13(18)17-8-10-3-1-2-6-16-10/h4-5,7,10,16H,1-3,6,8H2,(H,17,18). The Morgan fingerprint density at radius 2 is 2.33 bits per heavy atom. The molecule has 1 amide bonds. The van der Waals surface area contributed by atoms with Crippen molar-refractivity contribution >= 4 is 44.4 Å². The second-order valence-electron chi connectivity index (χ2n) is 4.48. The number of carbonyl (C=O) groups excluding carboxylic acids is 1. The Morgan fingerprint density at radius 1 is 1.50 bits per heavy atom. The molecule has 1 unspecified atom stereocenters. The summed E-state index contributed by atoms with van der Waals surface area (Å²) in [6.45, 7) is 1.77. The van der Waals surface area contributed by atoms with Gasteiger partial charge in [0.25, 0.3) is 5.91 Å². The molecule has 3 nitrogen and oxygen atoms in total. The van der Waals surface area contributed by atoms with Crippen molar-refractivity contribution in [2.75, 3.05) is 13.1 Å². The van der Waals surface area contributed by atoms with Crippen molar-refractivity contribution in [3.05, 3.63) is 31.8 Å². The number of amides is 1. The molecule has 1 heterocycles. The van der Waals surface area contributed by atoms with Gasteiger partial charge in [-0.05, 0) is 76.1 Å². The van der Waals surface area contributed by atoms with Crippen LogP contribution in [0.15, 0.2) is 22.7 Å². The molecule has 18 heavy (non-hydrogen) atoms. The maximum atomic E-state index is 12.1. The lowest BCUT2D eigenvalue weighted by Gasteiger charge is -2.23. The number of benzene rings is 1. The molecule has 1 aliphatic rings. The monoisotopic (exact) mass is 422 g/mol. The SMILES string of the molecule is O=C(NCC1CCCCN1)c1cc(I)ccc1Br. The van der Waals surface area contributed by atoms with Crippen molar-refractivity contribution in [3.63, 3.8) is 0 Å². The van der Waals surface area contributed by atoms with E-state index in [2.05, 4.69) is 49.2 Å². The Kier molecular flexibility index (Phi) is 5.44. The summed E-state index contributed by atoms with van der Waals surface area (Å²) in [7, 11) is 0. The summed E-state index contributed by atoms with van der Waals surface area (Å²) in [5.74, 6) is -0.00670. The highest BCUT2D eigenvalue weighted by atomic mass is 127. The molecule has 2 N–H and O–H groups in total. The van der Waals surface area contributed by atoms with Gasteiger partial charge in [0.05, 0.1) is 5.56 Å². The van der Waals surface area contributed by atoms with Crippen LogP contribution in [0.2, 0.25) is 0 Å². The molecule has 0 radical (unpaired) electrons. The lowest BCUT2D eigenvalue weighted by molar-refractivity contribution is 0.0947. The molecule has 1 saturated heterocycles. The van der Waals surface area contributed by atoms with E-state index in [4.69, 9.17) is 0 Å². The van der Waals surface area contributed by atoms with Gasteiger partial charge in [-0.15, -0.1) is 0 Å². The van der Waals surface area contributed by atoms with Crippen molar-refractivity contribution in [1.29, 1.82) is 0 Å². The summed E-state index contributed by atoms with van der Waals surface area (Å²) in [5.41, 5.74) is 0.706. The number of hydrogen-bond acceptors (Lipinski definition) is 2. The van der Waals surface area contributed by atoms with Gasteiger partial charge in [-0.1, -0.05) is 6.42 Å². The van der Waals surface area contributed by atoms with Crippen molar-refractivity contribution in [3.8, 4) is 0 Å². The molecule has 5 heteroatoms. The van der Waals surface area contributed by atoms with E-state index in [1.54, 1.807) is 0 Å². The summed E-state index contributed by atoms with van der Waals surface area (Å²) >= 11 is 5.63. The molecule has 2 rings (SSSR count). The third kappa shape index (κ3) is 3.93. The van der Waals surface area contributed by atoms with Gasteiger partial charge < -0.3 is 10.6 Å². The van der Waals surface area contributed by atoms with Gasteiger partial charge in [-0.3, -0.25) is 4.79 Å². The molecule has 1 aromatic rings. The highest BCUT2D eigenvalue weighted by Crippen LogP contribution is 2.19. The fourth-order valence-corrected chi connectivity index (χ4v) is 3.00. The van der Waals surface area contributed by atoms with Gasteiger partial charge in [0.2, 0.25) is 0 Å². The van der Waals surface area contributed by atoms with Crippen LogP contribution in [0.25, 0.3) is 0 Å². The Labute approximate surface area is 129 Å². The Balaban J connectivity index is 1.92. The second-order valence-corrected chi connectivity index (χ2v) is 6.58. The predicted octanol–water partition coefficient (Wildman–Crippen LogP) is 2.93. The first kappa shape index (κ1) is 14.3. The molecular formula is C13H16BrIN2O. The quantitative estimate of drug-likeness (QED) is 0.735. The van der Waals surface area contributed by atoms with Crippen LogP contribution in [-0.2, 0) is 0 Å². The Morgan fingerprint density at radius 3 is 3.06 bits per heavy atom. The van der Waals surface area contributed by atoms with Gasteiger partial charge >= 0.3 is 0 Å². The molecule has 1 fully saturated rings. The summed E-state index contributed by atoms with van der Waals surface area (Å²) in [6.07, 6.45) is 3.64.